The Balaban J connectivity index is 1.40. The van der Waals surface area contributed by atoms with Crippen LogP contribution in [0, 0.1) is 0 Å². The van der Waals surface area contributed by atoms with E-state index in [2.05, 4.69) is 15.3 Å². The summed E-state index contributed by atoms with van der Waals surface area (Å²) in [4.78, 5) is 33.8. The Hall–Kier alpha value is -4.01. The third-order valence-corrected chi connectivity index (χ3v) is 6.39. The SMILES string of the molecule is COc1ccc2[nH]c3c(c2c1)CCC[C@@H]3NC(=O)Cn1cnc2cc(OC)c(OC)cc2c1=O. The molecule has 9 heteroatoms. The van der Waals surface area contributed by atoms with Gasteiger partial charge in [-0.15, -0.1) is 0 Å². The maximum Gasteiger partial charge on any atom is 0.261 e. The maximum absolute atomic E-state index is 13.0. The fourth-order valence-corrected chi connectivity index (χ4v) is 4.71. The van der Waals surface area contributed by atoms with Crippen molar-refractivity contribution in [2.75, 3.05) is 21.3 Å². The van der Waals surface area contributed by atoms with Crippen LogP contribution in [-0.4, -0.2) is 41.8 Å². The molecule has 0 fully saturated rings. The van der Waals surface area contributed by atoms with Gasteiger partial charge in [0.05, 0.1) is 44.6 Å². The monoisotopic (exact) mass is 462 g/mol. The van der Waals surface area contributed by atoms with Gasteiger partial charge >= 0.3 is 0 Å². The molecule has 0 aliphatic heterocycles. The highest BCUT2D eigenvalue weighted by Crippen LogP contribution is 2.36. The van der Waals surface area contributed by atoms with E-state index < -0.39 is 0 Å². The lowest BCUT2D eigenvalue weighted by Crippen LogP contribution is -2.36. The summed E-state index contributed by atoms with van der Waals surface area (Å²) in [6.45, 7) is -0.129. The molecule has 2 N–H and O–H groups in total. The number of carbonyl (C=O) groups excluding carboxylic acids is 1. The molecular formula is C25H26N4O5. The number of amides is 1. The number of H-pyrrole nitrogens is 1. The molecule has 1 aliphatic rings. The number of nitrogens with one attached hydrogen (secondary N) is 2. The molecule has 0 saturated carbocycles. The van der Waals surface area contributed by atoms with Gasteiger partial charge in [0.15, 0.2) is 11.5 Å². The summed E-state index contributed by atoms with van der Waals surface area (Å²) in [7, 11) is 4.68. The Morgan fingerprint density at radius 1 is 1.12 bits per heavy atom. The van der Waals surface area contributed by atoms with E-state index in [4.69, 9.17) is 14.2 Å². The normalized spacial score (nSPS) is 15.2. The molecule has 9 nitrogen and oxygen atoms in total. The van der Waals surface area contributed by atoms with Crippen molar-refractivity contribution in [3.8, 4) is 17.2 Å². The van der Waals surface area contributed by atoms with Crippen molar-refractivity contribution in [1.82, 2.24) is 19.9 Å². The second kappa shape index (κ2) is 8.74. The molecule has 0 bridgehead atoms. The molecule has 0 saturated heterocycles. The summed E-state index contributed by atoms with van der Waals surface area (Å²) in [5.41, 5.74) is 3.40. The van der Waals surface area contributed by atoms with Crippen LogP contribution in [0.15, 0.2) is 41.5 Å². The van der Waals surface area contributed by atoms with E-state index in [1.165, 1.54) is 30.7 Å². The lowest BCUT2D eigenvalue weighted by molar-refractivity contribution is -0.122. The molecule has 2 heterocycles. The van der Waals surface area contributed by atoms with Crippen LogP contribution in [-0.2, 0) is 17.8 Å². The standard InChI is InChI=1S/C25H26N4O5/c1-32-14-7-8-18-16(9-14)15-5-4-6-19(24(15)28-18)27-23(30)12-29-13-26-20-11-22(34-3)21(33-2)10-17(20)25(29)31/h7-11,13,19,28H,4-6,12H2,1-3H3,(H,27,30)/t19-/m0/s1. The third-order valence-electron chi connectivity index (χ3n) is 6.39. The van der Waals surface area contributed by atoms with Gasteiger partial charge in [-0.05, 0) is 49.1 Å². The predicted octanol–water partition coefficient (Wildman–Crippen LogP) is 3.10. The van der Waals surface area contributed by atoms with Gasteiger partial charge in [0, 0.05) is 22.7 Å². The third kappa shape index (κ3) is 3.72. The van der Waals surface area contributed by atoms with Gasteiger partial charge in [0.1, 0.15) is 12.3 Å². The number of rotatable bonds is 6. The van der Waals surface area contributed by atoms with Crippen molar-refractivity contribution in [1.29, 1.82) is 0 Å². The molecule has 5 rings (SSSR count). The molecule has 0 radical (unpaired) electrons. The van der Waals surface area contributed by atoms with Crippen LogP contribution in [0.2, 0.25) is 0 Å². The molecule has 2 aromatic carbocycles. The molecule has 1 amide bonds. The minimum Gasteiger partial charge on any atom is -0.497 e. The van der Waals surface area contributed by atoms with Crippen LogP contribution in [0.3, 0.4) is 0 Å². The Labute approximate surface area is 195 Å². The molecule has 0 spiro atoms. The van der Waals surface area contributed by atoms with Gasteiger partial charge in [-0.2, -0.15) is 0 Å². The van der Waals surface area contributed by atoms with E-state index in [9.17, 15) is 9.59 Å². The first-order valence-corrected chi connectivity index (χ1v) is 11.1. The largest absolute Gasteiger partial charge is 0.497 e. The molecule has 1 atom stereocenters. The number of aromatic nitrogens is 3. The van der Waals surface area contributed by atoms with Crippen LogP contribution >= 0.6 is 0 Å². The zero-order valence-corrected chi connectivity index (χ0v) is 19.3. The molecule has 0 unspecified atom stereocenters. The van der Waals surface area contributed by atoms with Crippen LogP contribution < -0.4 is 25.1 Å². The molecule has 4 aromatic rings. The summed E-state index contributed by atoms with van der Waals surface area (Å²) >= 11 is 0. The predicted molar refractivity (Wildman–Crippen MR) is 128 cm³/mol. The van der Waals surface area contributed by atoms with Crippen molar-refractivity contribution in [3.63, 3.8) is 0 Å². The van der Waals surface area contributed by atoms with Gasteiger partial charge in [-0.3, -0.25) is 14.2 Å². The van der Waals surface area contributed by atoms with Crippen LogP contribution in [0.4, 0.5) is 0 Å². The van der Waals surface area contributed by atoms with E-state index in [1.54, 1.807) is 19.2 Å². The first kappa shape index (κ1) is 21.8. The number of hydrogen-bond donors (Lipinski definition) is 2. The highest BCUT2D eigenvalue weighted by Gasteiger charge is 2.26. The van der Waals surface area contributed by atoms with Crippen molar-refractivity contribution in [2.24, 2.45) is 0 Å². The Morgan fingerprint density at radius 2 is 1.91 bits per heavy atom. The van der Waals surface area contributed by atoms with Gasteiger partial charge in [-0.1, -0.05) is 0 Å². The Morgan fingerprint density at radius 3 is 2.68 bits per heavy atom. The van der Waals surface area contributed by atoms with E-state index in [0.29, 0.717) is 22.4 Å². The Bertz CT molecular complexity index is 1460. The minimum absolute atomic E-state index is 0.129. The summed E-state index contributed by atoms with van der Waals surface area (Å²) in [6, 6.07) is 9.02. The number of aromatic amines is 1. The number of hydrogen-bond acceptors (Lipinski definition) is 6. The molecular weight excluding hydrogens is 436 g/mol. The molecule has 2 aromatic heterocycles. The number of ether oxygens (including phenoxy) is 3. The lowest BCUT2D eigenvalue weighted by Gasteiger charge is -2.24. The zero-order chi connectivity index (χ0) is 23.8. The Kier molecular flexibility index (Phi) is 5.61. The van der Waals surface area contributed by atoms with Gasteiger partial charge in [-0.25, -0.2) is 4.98 Å². The second-order valence-electron chi connectivity index (χ2n) is 8.34. The average molecular weight is 463 g/mol. The minimum atomic E-state index is -0.317. The van der Waals surface area contributed by atoms with Gasteiger partial charge in [0.2, 0.25) is 5.91 Å². The second-order valence-corrected chi connectivity index (χ2v) is 8.34. The first-order valence-electron chi connectivity index (χ1n) is 11.1. The van der Waals surface area contributed by atoms with Gasteiger partial charge < -0.3 is 24.5 Å². The maximum atomic E-state index is 13.0. The fourth-order valence-electron chi connectivity index (χ4n) is 4.71. The smallest absolute Gasteiger partial charge is 0.261 e. The number of nitrogens with zero attached hydrogens (tertiary/aromatic N) is 2. The van der Waals surface area contributed by atoms with Crippen molar-refractivity contribution in [2.45, 2.75) is 31.8 Å². The van der Waals surface area contributed by atoms with Gasteiger partial charge in [0.25, 0.3) is 5.56 Å². The van der Waals surface area contributed by atoms with Crippen LogP contribution in [0.1, 0.15) is 30.1 Å². The number of aryl methyl sites for hydroxylation is 1. The number of carbonyl (C=O) groups is 1. The number of benzene rings is 2. The molecule has 34 heavy (non-hydrogen) atoms. The lowest BCUT2D eigenvalue weighted by atomic mass is 9.91. The quantitative estimate of drug-likeness (QED) is 0.456. The summed E-state index contributed by atoms with van der Waals surface area (Å²) < 4.78 is 17.3. The van der Waals surface area contributed by atoms with Crippen molar-refractivity contribution in [3.05, 3.63) is 58.3 Å². The topological polar surface area (TPSA) is 107 Å². The summed E-state index contributed by atoms with van der Waals surface area (Å²) in [5, 5.41) is 4.57. The molecule has 1 aliphatic carbocycles. The first-order chi connectivity index (χ1) is 16.5. The number of methoxy groups -OCH3 is 3. The average Bonchev–Trinajstić information content (AvgIpc) is 3.24. The zero-order valence-electron chi connectivity index (χ0n) is 19.3. The van der Waals surface area contributed by atoms with E-state index in [1.807, 2.05) is 18.2 Å². The van der Waals surface area contributed by atoms with Crippen molar-refractivity contribution >= 4 is 27.7 Å². The fraction of sp³-hybridized carbons (Fsp3) is 0.320. The van der Waals surface area contributed by atoms with E-state index in [-0.39, 0.29) is 24.1 Å². The van der Waals surface area contributed by atoms with Crippen LogP contribution in [0.25, 0.3) is 21.8 Å². The summed E-state index contributed by atoms with van der Waals surface area (Å²) in [5.74, 6) is 1.47. The van der Waals surface area contributed by atoms with Crippen molar-refractivity contribution < 1.29 is 19.0 Å². The number of fused-ring (bicyclic) bond motifs is 4. The highest BCUT2D eigenvalue weighted by molar-refractivity contribution is 5.87. The summed E-state index contributed by atoms with van der Waals surface area (Å²) in [6.07, 6.45) is 4.11. The molecule has 176 valence electrons. The van der Waals surface area contributed by atoms with Crippen LogP contribution in [0.5, 0.6) is 17.2 Å². The van der Waals surface area contributed by atoms with E-state index >= 15 is 0 Å². The highest BCUT2D eigenvalue weighted by atomic mass is 16.5. The van der Waals surface area contributed by atoms with E-state index in [0.717, 1.165) is 41.6 Å².